The summed E-state index contributed by atoms with van der Waals surface area (Å²) >= 11 is 0. The second-order valence-electron chi connectivity index (χ2n) is 5.06. The lowest BCUT2D eigenvalue weighted by molar-refractivity contribution is 0.280. The Morgan fingerprint density at radius 2 is 2.15 bits per heavy atom. The van der Waals surface area contributed by atoms with E-state index in [1.54, 1.807) is 12.8 Å². The van der Waals surface area contributed by atoms with Crippen molar-refractivity contribution >= 4 is 0 Å². The van der Waals surface area contributed by atoms with Crippen LogP contribution in [-0.4, -0.2) is 13.1 Å². The first-order valence-electron chi connectivity index (χ1n) is 6.00. The molecule has 1 nitrogen and oxygen atoms in total. The Morgan fingerprint density at radius 1 is 1.31 bits per heavy atom. The Balaban J connectivity index is 1.82. The van der Waals surface area contributed by atoms with Gasteiger partial charge in [0.05, 0.1) is 0 Å². The zero-order valence-electron chi connectivity index (χ0n) is 9.05. The molecule has 4 unspecified atom stereocenters. The summed E-state index contributed by atoms with van der Waals surface area (Å²) in [5, 5.41) is 3.44. The van der Waals surface area contributed by atoms with Crippen molar-refractivity contribution in [3.63, 3.8) is 0 Å². The molecule has 2 rings (SSSR count). The van der Waals surface area contributed by atoms with E-state index < -0.39 is 0 Å². The number of hydrogen-bond donors (Lipinski definition) is 1. The summed E-state index contributed by atoms with van der Waals surface area (Å²) in [4.78, 5) is 0. The Labute approximate surface area is 82.3 Å². The van der Waals surface area contributed by atoms with Gasteiger partial charge < -0.3 is 5.32 Å². The highest BCUT2D eigenvalue weighted by atomic mass is 14.9. The Bertz CT molecular complexity index is 163. The number of fused-ring (bicyclic) bond motifs is 2. The van der Waals surface area contributed by atoms with Crippen LogP contribution < -0.4 is 5.32 Å². The molecule has 0 aliphatic heterocycles. The van der Waals surface area contributed by atoms with Gasteiger partial charge in [-0.05, 0) is 56.9 Å². The molecule has 0 heterocycles. The molecule has 0 aromatic carbocycles. The van der Waals surface area contributed by atoms with Gasteiger partial charge in [0, 0.05) is 6.04 Å². The van der Waals surface area contributed by atoms with Crippen LogP contribution in [0, 0.1) is 17.8 Å². The van der Waals surface area contributed by atoms with Crippen LogP contribution in [0.1, 0.15) is 45.4 Å². The van der Waals surface area contributed by atoms with E-state index in [4.69, 9.17) is 0 Å². The highest BCUT2D eigenvalue weighted by molar-refractivity contribution is 4.91. The number of nitrogens with one attached hydrogen (secondary N) is 1. The predicted molar refractivity (Wildman–Crippen MR) is 56.7 cm³/mol. The van der Waals surface area contributed by atoms with Crippen LogP contribution in [0.5, 0.6) is 0 Å². The summed E-state index contributed by atoms with van der Waals surface area (Å²) in [7, 11) is 2.11. The first-order chi connectivity index (χ1) is 6.33. The van der Waals surface area contributed by atoms with Crippen molar-refractivity contribution in [3.05, 3.63) is 0 Å². The molecule has 0 spiro atoms. The highest BCUT2D eigenvalue weighted by Gasteiger charge is 2.39. The molecule has 0 radical (unpaired) electrons. The minimum atomic E-state index is 0.782. The third kappa shape index (κ3) is 1.90. The van der Waals surface area contributed by atoms with Crippen molar-refractivity contribution in [2.45, 2.75) is 51.5 Å². The summed E-state index contributed by atoms with van der Waals surface area (Å²) < 4.78 is 0. The maximum absolute atomic E-state index is 3.44. The van der Waals surface area contributed by atoms with Gasteiger partial charge in [-0.3, -0.25) is 0 Å². The SMILES string of the molecule is CCC(CC1CC2CCC1C2)NC. The minimum absolute atomic E-state index is 0.782. The lowest BCUT2D eigenvalue weighted by Gasteiger charge is -2.25. The van der Waals surface area contributed by atoms with E-state index in [9.17, 15) is 0 Å². The predicted octanol–water partition coefficient (Wildman–Crippen LogP) is 2.81. The first-order valence-corrected chi connectivity index (χ1v) is 6.00. The average Bonchev–Trinajstić information content (AvgIpc) is 2.75. The molecule has 2 fully saturated rings. The fourth-order valence-corrected chi connectivity index (χ4v) is 3.52. The molecule has 1 N–H and O–H groups in total. The number of hydrogen-bond acceptors (Lipinski definition) is 1. The maximum Gasteiger partial charge on any atom is 0.00641 e. The monoisotopic (exact) mass is 181 g/mol. The average molecular weight is 181 g/mol. The van der Waals surface area contributed by atoms with Crippen molar-refractivity contribution in [1.82, 2.24) is 5.32 Å². The minimum Gasteiger partial charge on any atom is -0.317 e. The van der Waals surface area contributed by atoms with Gasteiger partial charge in [-0.15, -0.1) is 0 Å². The summed E-state index contributed by atoms with van der Waals surface area (Å²) in [5.74, 6) is 3.29. The molecule has 2 bridgehead atoms. The van der Waals surface area contributed by atoms with Gasteiger partial charge in [-0.1, -0.05) is 13.3 Å². The quantitative estimate of drug-likeness (QED) is 0.703. The van der Waals surface area contributed by atoms with Crippen LogP contribution >= 0.6 is 0 Å². The molecule has 76 valence electrons. The molecule has 0 amide bonds. The lowest BCUT2D eigenvalue weighted by atomic mass is 9.84. The van der Waals surface area contributed by atoms with E-state index in [2.05, 4.69) is 19.3 Å². The second-order valence-corrected chi connectivity index (χ2v) is 5.06. The molecule has 0 aromatic rings. The van der Waals surface area contributed by atoms with Gasteiger partial charge in [0.2, 0.25) is 0 Å². The molecule has 13 heavy (non-hydrogen) atoms. The topological polar surface area (TPSA) is 12.0 Å². The fourth-order valence-electron chi connectivity index (χ4n) is 3.52. The maximum atomic E-state index is 3.44. The lowest BCUT2D eigenvalue weighted by Crippen LogP contribution is -2.28. The molecule has 0 saturated heterocycles. The van der Waals surface area contributed by atoms with Gasteiger partial charge in [0.15, 0.2) is 0 Å². The van der Waals surface area contributed by atoms with Crippen LogP contribution in [0.3, 0.4) is 0 Å². The van der Waals surface area contributed by atoms with Gasteiger partial charge in [-0.2, -0.15) is 0 Å². The molecule has 4 atom stereocenters. The van der Waals surface area contributed by atoms with E-state index in [1.165, 1.54) is 25.7 Å². The Morgan fingerprint density at radius 3 is 2.62 bits per heavy atom. The van der Waals surface area contributed by atoms with Gasteiger partial charge in [0.1, 0.15) is 0 Å². The highest BCUT2D eigenvalue weighted by Crippen LogP contribution is 2.49. The van der Waals surface area contributed by atoms with Crippen molar-refractivity contribution in [2.75, 3.05) is 7.05 Å². The summed E-state index contributed by atoms with van der Waals surface area (Å²) in [6.45, 7) is 2.30. The Hall–Kier alpha value is -0.0400. The van der Waals surface area contributed by atoms with Crippen LogP contribution in [0.15, 0.2) is 0 Å². The van der Waals surface area contributed by atoms with E-state index in [0.717, 1.165) is 23.8 Å². The molecular weight excluding hydrogens is 158 g/mol. The third-order valence-electron chi connectivity index (χ3n) is 4.37. The smallest absolute Gasteiger partial charge is 0.00641 e. The molecular formula is C12H23N. The zero-order chi connectivity index (χ0) is 9.26. The molecule has 2 aliphatic rings. The summed E-state index contributed by atoms with van der Waals surface area (Å²) in [5.41, 5.74) is 0. The fraction of sp³-hybridized carbons (Fsp3) is 1.00. The zero-order valence-corrected chi connectivity index (χ0v) is 9.05. The van der Waals surface area contributed by atoms with E-state index in [0.29, 0.717) is 0 Å². The van der Waals surface area contributed by atoms with E-state index in [1.807, 2.05) is 0 Å². The van der Waals surface area contributed by atoms with Crippen molar-refractivity contribution in [2.24, 2.45) is 17.8 Å². The Kier molecular flexibility index (Phi) is 2.92. The van der Waals surface area contributed by atoms with Crippen molar-refractivity contribution in [3.8, 4) is 0 Å². The van der Waals surface area contributed by atoms with Gasteiger partial charge in [-0.25, -0.2) is 0 Å². The third-order valence-corrected chi connectivity index (χ3v) is 4.37. The van der Waals surface area contributed by atoms with E-state index in [-0.39, 0.29) is 0 Å². The molecule has 2 aliphatic carbocycles. The molecule has 2 saturated carbocycles. The second kappa shape index (κ2) is 4.00. The van der Waals surface area contributed by atoms with Crippen LogP contribution in [0.2, 0.25) is 0 Å². The summed E-state index contributed by atoms with van der Waals surface area (Å²) in [6, 6.07) is 0.782. The summed E-state index contributed by atoms with van der Waals surface area (Å²) in [6.07, 6.45) is 8.92. The van der Waals surface area contributed by atoms with Crippen LogP contribution in [-0.2, 0) is 0 Å². The first kappa shape index (κ1) is 9.51. The van der Waals surface area contributed by atoms with Crippen molar-refractivity contribution in [1.29, 1.82) is 0 Å². The van der Waals surface area contributed by atoms with Crippen LogP contribution in [0.4, 0.5) is 0 Å². The number of rotatable bonds is 4. The standard InChI is InChI=1S/C12H23N/c1-3-12(13-2)8-11-7-9-4-5-10(11)6-9/h9-13H,3-8H2,1-2H3. The van der Waals surface area contributed by atoms with E-state index >= 15 is 0 Å². The van der Waals surface area contributed by atoms with Crippen molar-refractivity contribution < 1.29 is 0 Å². The normalized spacial score (nSPS) is 39.7. The largest absolute Gasteiger partial charge is 0.317 e. The van der Waals surface area contributed by atoms with Gasteiger partial charge in [0.25, 0.3) is 0 Å². The molecule has 0 aromatic heterocycles. The van der Waals surface area contributed by atoms with Crippen LogP contribution in [0.25, 0.3) is 0 Å². The van der Waals surface area contributed by atoms with Gasteiger partial charge >= 0.3 is 0 Å². The molecule has 1 heteroatoms.